The van der Waals surface area contributed by atoms with E-state index in [0.29, 0.717) is 17.5 Å². The Balaban J connectivity index is 1.33. The predicted molar refractivity (Wildman–Crippen MR) is 182 cm³/mol. The summed E-state index contributed by atoms with van der Waals surface area (Å²) in [6, 6.07) is 39.4. The number of thiophene rings is 1. The van der Waals surface area contributed by atoms with E-state index >= 15 is 0 Å². The topological polar surface area (TPSA) is 51.8 Å². The van der Waals surface area contributed by atoms with E-state index in [0.717, 1.165) is 57.0 Å². The molecule has 0 unspecified atom stereocenters. The summed E-state index contributed by atoms with van der Waals surface area (Å²) < 4.78 is 7.84. The zero-order valence-corrected chi connectivity index (χ0v) is 24.5. The Morgan fingerprint density at radius 2 is 1.14 bits per heavy atom. The highest BCUT2D eigenvalue weighted by molar-refractivity contribution is 7.20. The first-order valence-corrected chi connectivity index (χ1v) is 15.7. The Morgan fingerprint density at radius 3 is 1.84 bits per heavy atom. The molecule has 0 spiro atoms. The third kappa shape index (κ3) is 4.01. The second kappa shape index (κ2) is 10.1. The van der Waals surface area contributed by atoms with Crippen LogP contribution >= 0.6 is 11.3 Å². The number of aryl methyl sites for hydroxylation is 1. The van der Waals surface area contributed by atoms with Crippen molar-refractivity contribution in [2.75, 3.05) is 0 Å². The molecule has 0 bridgehead atoms. The van der Waals surface area contributed by atoms with Crippen molar-refractivity contribution in [2.45, 2.75) is 12.8 Å². The molecule has 0 amide bonds. The highest BCUT2D eigenvalue weighted by atomic mass is 32.1. The summed E-state index contributed by atoms with van der Waals surface area (Å²) in [5.41, 5.74) is 8.23. The molecule has 5 aromatic carbocycles. The molecule has 8 aromatic rings. The van der Waals surface area contributed by atoms with Gasteiger partial charge in [0.1, 0.15) is 11.2 Å². The maximum Gasteiger partial charge on any atom is 0.164 e. The molecule has 0 atom stereocenters. The molecule has 0 N–H and O–H groups in total. The van der Waals surface area contributed by atoms with Gasteiger partial charge in [0, 0.05) is 48.0 Å². The van der Waals surface area contributed by atoms with Crippen molar-refractivity contribution < 1.29 is 4.42 Å². The lowest BCUT2D eigenvalue weighted by atomic mass is 9.95. The smallest absolute Gasteiger partial charge is 0.164 e. The van der Waals surface area contributed by atoms with E-state index in [4.69, 9.17) is 19.4 Å². The van der Waals surface area contributed by atoms with Crippen LogP contribution in [0.15, 0.2) is 126 Å². The number of benzene rings is 5. The van der Waals surface area contributed by atoms with Gasteiger partial charge < -0.3 is 4.42 Å². The second-order valence-electron chi connectivity index (χ2n) is 11.1. The molecule has 0 saturated carbocycles. The summed E-state index contributed by atoms with van der Waals surface area (Å²) in [6.45, 7) is 0. The third-order valence-corrected chi connectivity index (χ3v) is 9.72. The second-order valence-corrected chi connectivity index (χ2v) is 12.2. The summed E-state index contributed by atoms with van der Waals surface area (Å²) in [6.07, 6.45) is 6.78. The van der Waals surface area contributed by atoms with Gasteiger partial charge in [0.2, 0.25) is 0 Å². The molecule has 208 valence electrons. The Hall–Kier alpha value is -5.39. The van der Waals surface area contributed by atoms with Gasteiger partial charge in [-0.3, -0.25) is 0 Å². The lowest BCUT2D eigenvalue weighted by molar-refractivity contribution is 0.669. The number of aromatic nitrogens is 3. The number of fused-ring (bicyclic) bond motifs is 6. The molecule has 3 aromatic heterocycles. The number of furan rings is 1. The van der Waals surface area contributed by atoms with Crippen molar-refractivity contribution in [1.82, 2.24) is 15.0 Å². The Bertz CT molecular complexity index is 2330. The third-order valence-electron chi connectivity index (χ3n) is 8.41. The van der Waals surface area contributed by atoms with E-state index in [9.17, 15) is 0 Å². The van der Waals surface area contributed by atoms with Crippen LogP contribution in [0.1, 0.15) is 16.9 Å². The molecule has 0 saturated heterocycles. The van der Waals surface area contributed by atoms with Crippen LogP contribution in [-0.2, 0) is 6.42 Å². The maximum atomic E-state index is 6.52. The number of hydrogen-bond donors (Lipinski definition) is 0. The molecule has 1 aliphatic carbocycles. The average Bonchev–Trinajstić information content (AvgIpc) is 3.68. The first-order chi connectivity index (χ1) is 21.8. The Morgan fingerprint density at radius 1 is 0.545 bits per heavy atom. The normalized spacial score (nSPS) is 12.7. The van der Waals surface area contributed by atoms with Crippen LogP contribution in [0.5, 0.6) is 0 Å². The fraction of sp³-hybridized carbons (Fsp3) is 0.0513. The summed E-state index contributed by atoms with van der Waals surface area (Å²) in [7, 11) is 0. The number of rotatable bonds is 4. The van der Waals surface area contributed by atoms with Gasteiger partial charge in [0.15, 0.2) is 17.5 Å². The molecule has 0 fully saturated rings. The maximum absolute atomic E-state index is 6.52. The van der Waals surface area contributed by atoms with Gasteiger partial charge in [-0.15, -0.1) is 11.3 Å². The van der Waals surface area contributed by atoms with E-state index in [1.165, 1.54) is 26.1 Å². The molecule has 4 nitrogen and oxygen atoms in total. The highest BCUT2D eigenvalue weighted by Gasteiger charge is 2.22. The summed E-state index contributed by atoms with van der Waals surface area (Å²) in [5.74, 6) is 1.90. The van der Waals surface area contributed by atoms with E-state index in [2.05, 4.69) is 54.6 Å². The standard InChI is InChI=1S/C39H25N3OS/c1-3-12-24(13-4-1)37-40-38(25-14-5-2-6-15-25)42-39(41-37)30-20-11-22-32-35(30)34-27(17-10-21-31(34)43-32)29-19-9-18-28-26-16-7-8-23-33(26)44-36(28)29/h1-7,9-22H,8,23H2. The van der Waals surface area contributed by atoms with Gasteiger partial charge in [0.05, 0.1) is 0 Å². The van der Waals surface area contributed by atoms with Gasteiger partial charge in [-0.25, -0.2) is 15.0 Å². The predicted octanol–water partition coefficient (Wildman–Crippen LogP) is 10.6. The lowest BCUT2D eigenvalue weighted by Crippen LogP contribution is -2.00. The Labute approximate surface area is 258 Å². The lowest BCUT2D eigenvalue weighted by Gasteiger charge is -2.10. The zero-order valence-electron chi connectivity index (χ0n) is 23.7. The molecule has 0 radical (unpaired) electrons. The van der Waals surface area contributed by atoms with E-state index in [1.54, 1.807) is 0 Å². The van der Waals surface area contributed by atoms with E-state index in [1.807, 2.05) is 84.1 Å². The van der Waals surface area contributed by atoms with Crippen LogP contribution < -0.4 is 0 Å². The van der Waals surface area contributed by atoms with Crippen LogP contribution in [0.3, 0.4) is 0 Å². The number of nitrogens with zero attached hydrogens (tertiary/aromatic N) is 3. The zero-order chi connectivity index (χ0) is 29.0. The molecule has 9 rings (SSSR count). The van der Waals surface area contributed by atoms with Crippen LogP contribution in [0.2, 0.25) is 0 Å². The fourth-order valence-corrected chi connectivity index (χ4v) is 7.72. The molecular weight excluding hydrogens is 559 g/mol. The minimum atomic E-state index is 0.621. The quantitative estimate of drug-likeness (QED) is 0.207. The summed E-state index contributed by atoms with van der Waals surface area (Å²) in [5, 5.41) is 3.41. The molecule has 1 aliphatic rings. The van der Waals surface area contributed by atoms with Crippen LogP contribution in [-0.4, -0.2) is 15.0 Å². The van der Waals surface area contributed by atoms with Gasteiger partial charge in [0.25, 0.3) is 0 Å². The minimum absolute atomic E-state index is 0.621. The van der Waals surface area contributed by atoms with Gasteiger partial charge >= 0.3 is 0 Å². The molecule has 44 heavy (non-hydrogen) atoms. The van der Waals surface area contributed by atoms with Gasteiger partial charge in [-0.05, 0) is 36.1 Å². The first-order valence-electron chi connectivity index (χ1n) is 14.8. The molecule has 3 heterocycles. The molecular formula is C39H25N3OS. The fourth-order valence-electron chi connectivity index (χ4n) is 6.39. The van der Waals surface area contributed by atoms with Gasteiger partial charge in [-0.1, -0.05) is 115 Å². The Kier molecular flexibility index (Phi) is 5.78. The number of allylic oxidation sites excluding steroid dienone is 1. The summed E-state index contributed by atoms with van der Waals surface area (Å²) >= 11 is 1.92. The SMILES string of the molecule is C1=Cc2c(sc3c(-c4cccc5oc6cccc(-c7nc(-c8ccccc8)nc(-c8ccccc8)n7)c6c45)cccc23)CC1. The molecule has 5 heteroatoms. The van der Waals surface area contributed by atoms with Crippen molar-refractivity contribution in [3.8, 4) is 45.3 Å². The van der Waals surface area contributed by atoms with Crippen LogP contribution in [0, 0.1) is 0 Å². The van der Waals surface area contributed by atoms with Crippen molar-refractivity contribution in [2.24, 2.45) is 0 Å². The number of hydrogen-bond acceptors (Lipinski definition) is 5. The average molecular weight is 584 g/mol. The van der Waals surface area contributed by atoms with Crippen molar-refractivity contribution >= 4 is 49.4 Å². The molecule has 0 aliphatic heterocycles. The van der Waals surface area contributed by atoms with Gasteiger partial charge in [-0.2, -0.15) is 0 Å². The minimum Gasteiger partial charge on any atom is -0.456 e. The van der Waals surface area contributed by atoms with Crippen molar-refractivity contribution in [3.63, 3.8) is 0 Å². The summed E-state index contributed by atoms with van der Waals surface area (Å²) in [4.78, 5) is 16.5. The van der Waals surface area contributed by atoms with Crippen molar-refractivity contribution in [1.29, 1.82) is 0 Å². The largest absolute Gasteiger partial charge is 0.456 e. The van der Waals surface area contributed by atoms with Crippen molar-refractivity contribution in [3.05, 3.63) is 132 Å². The van der Waals surface area contributed by atoms with E-state index < -0.39 is 0 Å². The monoisotopic (exact) mass is 583 g/mol. The van der Waals surface area contributed by atoms with E-state index in [-0.39, 0.29) is 0 Å². The first kappa shape index (κ1) is 25.1. The van der Waals surface area contributed by atoms with Crippen LogP contribution in [0.25, 0.3) is 83.4 Å². The van der Waals surface area contributed by atoms with Crippen LogP contribution in [0.4, 0.5) is 0 Å². The highest BCUT2D eigenvalue weighted by Crippen LogP contribution is 2.46.